The van der Waals surface area contributed by atoms with Gasteiger partial charge in [-0.15, -0.1) is 0 Å². The monoisotopic (exact) mass is 424 g/mol. The Bertz CT molecular complexity index is 554. The van der Waals surface area contributed by atoms with Crippen LogP contribution in [0.25, 0.3) is 0 Å². The first kappa shape index (κ1) is 24.8. The lowest BCUT2D eigenvalue weighted by Gasteiger charge is -2.28. The first-order valence-corrected chi connectivity index (χ1v) is 11.9. The molecule has 0 saturated carbocycles. The van der Waals surface area contributed by atoms with Gasteiger partial charge in [-0.25, -0.2) is 0 Å². The first-order valence-electron chi connectivity index (χ1n) is 11.9. The lowest BCUT2D eigenvalue weighted by Crippen LogP contribution is -2.42. The minimum absolute atomic E-state index is 0.0455. The highest BCUT2D eigenvalue weighted by Gasteiger charge is 2.48. The number of aliphatic hydroxyl groups excluding tert-OH is 1. The van der Waals surface area contributed by atoms with Crippen molar-refractivity contribution in [1.29, 1.82) is 0 Å². The highest BCUT2D eigenvalue weighted by molar-refractivity contribution is 5.84. The van der Waals surface area contributed by atoms with Crippen LogP contribution < -0.4 is 10.6 Å². The Morgan fingerprint density at radius 1 is 0.867 bits per heavy atom. The van der Waals surface area contributed by atoms with Gasteiger partial charge in [0.25, 0.3) is 0 Å². The zero-order valence-electron chi connectivity index (χ0n) is 18.5. The zero-order chi connectivity index (χ0) is 21.8. The van der Waals surface area contributed by atoms with Crippen LogP contribution in [-0.2, 0) is 19.1 Å². The van der Waals surface area contributed by atoms with Crippen LogP contribution in [0.5, 0.6) is 0 Å². The molecule has 0 spiro atoms. The van der Waals surface area contributed by atoms with Crippen molar-refractivity contribution in [2.45, 2.75) is 96.2 Å². The summed E-state index contributed by atoms with van der Waals surface area (Å²) < 4.78 is 6.11. The van der Waals surface area contributed by atoms with Crippen molar-refractivity contribution in [3.05, 3.63) is 0 Å². The summed E-state index contributed by atoms with van der Waals surface area (Å²) in [6.07, 6.45) is 11.8. The van der Waals surface area contributed by atoms with E-state index in [1.165, 1.54) is 0 Å². The number of hydrogen-bond acceptors (Lipinski definition) is 5. The van der Waals surface area contributed by atoms with Crippen LogP contribution >= 0.6 is 0 Å². The number of nitrogens with one attached hydrogen (secondary N) is 2. The van der Waals surface area contributed by atoms with Crippen LogP contribution in [0.15, 0.2) is 0 Å². The number of fused-ring (bicyclic) bond motifs is 2. The zero-order valence-corrected chi connectivity index (χ0v) is 18.5. The van der Waals surface area contributed by atoms with E-state index in [1.54, 1.807) is 0 Å². The molecule has 2 bridgehead atoms. The maximum absolute atomic E-state index is 12.1. The number of amides is 2. The van der Waals surface area contributed by atoms with Gasteiger partial charge in [0.15, 0.2) is 5.78 Å². The number of aliphatic hydroxyl groups is 1. The second-order valence-electron chi connectivity index (χ2n) is 8.81. The van der Waals surface area contributed by atoms with E-state index in [0.29, 0.717) is 37.3 Å². The van der Waals surface area contributed by atoms with Crippen molar-refractivity contribution < 1.29 is 24.2 Å². The average molecular weight is 425 g/mol. The lowest BCUT2D eigenvalue weighted by atomic mass is 9.76. The third-order valence-corrected chi connectivity index (χ3v) is 6.50. The van der Waals surface area contributed by atoms with Gasteiger partial charge >= 0.3 is 0 Å². The van der Waals surface area contributed by atoms with Gasteiger partial charge in [-0.2, -0.15) is 0 Å². The van der Waals surface area contributed by atoms with Crippen LogP contribution in [0.4, 0.5) is 0 Å². The fraction of sp³-hybridized carbons (Fsp3) is 0.870. The molecule has 172 valence electrons. The molecule has 2 rings (SSSR count). The first-order chi connectivity index (χ1) is 14.5. The molecule has 7 nitrogen and oxygen atoms in total. The van der Waals surface area contributed by atoms with E-state index >= 15 is 0 Å². The SMILES string of the molecule is CCCCCC(=O)NCC(=O)NC[C@@H]1[C@H](CCCCCCC(=O)CO)[C@@H]2CC[C@H]1O2. The maximum atomic E-state index is 12.1. The molecule has 2 heterocycles. The predicted molar refractivity (Wildman–Crippen MR) is 115 cm³/mol. The Morgan fingerprint density at radius 2 is 1.57 bits per heavy atom. The Hall–Kier alpha value is -1.47. The summed E-state index contributed by atoms with van der Waals surface area (Å²) in [6.45, 7) is 2.41. The van der Waals surface area contributed by atoms with Crippen molar-refractivity contribution in [2.75, 3.05) is 19.7 Å². The van der Waals surface area contributed by atoms with Crippen molar-refractivity contribution in [2.24, 2.45) is 11.8 Å². The van der Waals surface area contributed by atoms with E-state index in [4.69, 9.17) is 9.84 Å². The topological polar surface area (TPSA) is 105 Å². The van der Waals surface area contributed by atoms with Crippen molar-refractivity contribution in [3.63, 3.8) is 0 Å². The summed E-state index contributed by atoms with van der Waals surface area (Å²) in [5.41, 5.74) is 0. The van der Waals surface area contributed by atoms with Crippen LogP contribution in [0.3, 0.4) is 0 Å². The molecule has 0 aliphatic carbocycles. The normalized spacial score (nSPS) is 24.7. The summed E-state index contributed by atoms with van der Waals surface area (Å²) in [4.78, 5) is 35.0. The number of ether oxygens (including phenoxy) is 1. The number of hydrogen-bond donors (Lipinski definition) is 3. The van der Waals surface area contributed by atoms with E-state index in [0.717, 1.165) is 64.2 Å². The largest absolute Gasteiger partial charge is 0.389 e. The van der Waals surface area contributed by atoms with E-state index in [9.17, 15) is 14.4 Å². The molecule has 2 saturated heterocycles. The van der Waals surface area contributed by atoms with Gasteiger partial charge in [0.2, 0.25) is 11.8 Å². The van der Waals surface area contributed by atoms with Gasteiger partial charge in [0.1, 0.15) is 6.61 Å². The quantitative estimate of drug-likeness (QED) is 0.330. The van der Waals surface area contributed by atoms with Gasteiger partial charge < -0.3 is 20.5 Å². The van der Waals surface area contributed by atoms with Crippen LogP contribution in [0, 0.1) is 11.8 Å². The molecule has 3 N–H and O–H groups in total. The van der Waals surface area contributed by atoms with Gasteiger partial charge in [0.05, 0.1) is 18.8 Å². The van der Waals surface area contributed by atoms with Gasteiger partial charge in [-0.3, -0.25) is 14.4 Å². The Morgan fingerprint density at radius 3 is 2.30 bits per heavy atom. The predicted octanol–water partition coefficient (Wildman–Crippen LogP) is 2.49. The number of rotatable bonds is 16. The third-order valence-electron chi connectivity index (χ3n) is 6.50. The van der Waals surface area contributed by atoms with Crippen molar-refractivity contribution >= 4 is 17.6 Å². The molecule has 0 aromatic heterocycles. The number of ketones is 1. The summed E-state index contributed by atoms with van der Waals surface area (Å²) in [5.74, 6) is 0.564. The average Bonchev–Trinajstić information content (AvgIpc) is 3.35. The van der Waals surface area contributed by atoms with E-state index in [-0.39, 0.29) is 36.9 Å². The number of unbranched alkanes of at least 4 members (excludes halogenated alkanes) is 5. The molecule has 2 fully saturated rings. The molecule has 0 aromatic rings. The molecule has 0 aromatic carbocycles. The summed E-state index contributed by atoms with van der Waals surface area (Å²) in [6, 6.07) is 0. The second-order valence-corrected chi connectivity index (χ2v) is 8.81. The second kappa shape index (κ2) is 13.8. The van der Waals surface area contributed by atoms with Crippen LogP contribution in [0.2, 0.25) is 0 Å². The van der Waals surface area contributed by atoms with E-state index in [1.807, 2.05) is 0 Å². The van der Waals surface area contributed by atoms with Crippen LogP contribution in [0.1, 0.15) is 84.0 Å². The molecule has 4 atom stereocenters. The van der Waals surface area contributed by atoms with Gasteiger partial charge in [0, 0.05) is 25.3 Å². The lowest BCUT2D eigenvalue weighted by molar-refractivity contribution is -0.126. The number of carbonyl (C=O) groups is 3. The third kappa shape index (κ3) is 8.34. The Kier molecular flexibility index (Phi) is 11.4. The van der Waals surface area contributed by atoms with Gasteiger partial charge in [-0.05, 0) is 38.0 Å². The highest BCUT2D eigenvalue weighted by Crippen LogP contribution is 2.45. The van der Waals surface area contributed by atoms with Crippen molar-refractivity contribution in [1.82, 2.24) is 10.6 Å². The minimum atomic E-state index is -0.349. The molecule has 0 radical (unpaired) electrons. The molecule has 2 aliphatic rings. The minimum Gasteiger partial charge on any atom is -0.389 e. The summed E-state index contributed by atoms with van der Waals surface area (Å²) in [5, 5.41) is 14.5. The molecule has 30 heavy (non-hydrogen) atoms. The number of carbonyl (C=O) groups excluding carboxylic acids is 3. The molecule has 2 amide bonds. The molecule has 7 heteroatoms. The van der Waals surface area contributed by atoms with Gasteiger partial charge in [-0.1, -0.05) is 39.0 Å². The summed E-state index contributed by atoms with van der Waals surface area (Å²) in [7, 11) is 0. The smallest absolute Gasteiger partial charge is 0.239 e. The van der Waals surface area contributed by atoms with E-state index < -0.39 is 0 Å². The molecular weight excluding hydrogens is 384 g/mol. The highest BCUT2D eigenvalue weighted by atomic mass is 16.5. The Labute approximate surface area is 180 Å². The fourth-order valence-electron chi connectivity index (χ4n) is 4.79. The van der Waals surface area contributed by atoms with E-state index in [2.05, 4.69) is 17.6 Å². The molecule has 2 aliphatic heterocycles. The maximum Gasteiger partial charge on any atom is 0.239 e. The summed E-state index contributed by atoms with van der Waals surface area (Å²) >= 11 is 0. The standard InChI is InChI=1S/C23H40N2O5/c1-2-3-6-11-22(28)25-15-23(29)24-14-19-18(20-12-13-21(19)30-20)10-8-5-4-7-9-17(27)16-26/h18-21,26H,2-16H2,1H3,(H,24,29)(H,25,28)/t18-,19+,20-,21+/m0/s1. The Balaban J connectivity index is 1.63. The van der Waals surface area contributed by atoms with Crippen molar-refractivity contribution in [3.8, 4) is 0 Å². The molecule has 0 unspecified atom stereocenters. The number of Topliss-reactive ketones (excluding diaryl/α,β-unsaturated/α-hetero) is 1. The molecular formula is C23H40N2O5. The fourth-order valence-corrected chi connectivity index (χ4v) is 4.79. The van der Waals surface area contributed by atoms with Crippen LogP contribution in [-0.4, -0.2) is 54.6 Å².